The molecule has 138 valence electrons. The molecule has 0 saturated carbocycles. The molecule has 0 N–H and O–H groups in total. The van der Waals surface area contributed by atoms with E-state index in [1.807, 2.05) is 43.3 Å². The number of anilines is 1. The number of hydrogen-bond donors (Lipinski definition) is 0. The minimum Gasteiger partial charge on any atom is -0.266 e. The highest BCUT2D eigenvalue weighted by molar-refractivity contribution is 7.92. The first-order valence-electron chi connectivity index (χ1n) is 8.66. The van der Waals surface area contributed by atoms with Crippen LogP contribution in [0.5, 0.6) is 0 Å². The number of rotatable bonds is 4. The third-order valence-electron chi connectivity index (χ3n) is 4.68. The van der Waals surface area contributed by atoms with Gasteiger partial charge in [0, 0.05) is 16.3 Å². The molecule has 4 rings (SSSR count). The molecular weight excluding hydrogens is 378 g/mol. The molecule has 3 aromatic rings. The standard InChI is InChI=1S/C21H19NO3S2/c1-16-7-10-20(11-8-16)27(24,25)22-14-13-17-15-19(9-12-21(17)22)26(23)18-5-3-2-4-6-18/h2-12,15H,13-14H2,1H3. The zero-order valence-electron chi connectivity index (χ0n) is 14.8. The van der Waals surface area contributed by atoms with E-state index in [9.17, 15) is 12.6 Å². The van der Waals surface area contributed by atoms with E-state index in [1.165, 1.54) is 4.31 Å². The maximum atomic E-state index is 13.0. The lowest BCUT2D eigenvalue weighted by molar-refractivity contribution is 0.592. The van der Waals surface area contributed by atoms with E-state index >= 15 is 0 Å². The van der Waals surface area contributed by atoms with Gasteiger partial charge in [-0.25, -0.2) is 12.6 Å². The Kier molecular flexibility index (Phi) is 4.61. The van der Waals surface area contributed by atoms with E-state index < -0.39 is 20.8 Å². The first-order chi connectivity index (χ1) is 13.0. The molecule has 1 aliphatic heterocycles. The average Bonchev–Trinajstić information content (AvgIpc) is 3.12. The van der Waals surface area contributed by atoms with Gasteiger partial charge in [-0.3, -0.25) is 4.31 Å². The van der Waals surface area contributed by atoms with Crippen LogP contribution >= 0.6 is 0 Å². The normalized spacial score (nSPS) is 14.8. The predicted octanol–water partition coefficient (Wildman–Crippen LogP) is 3.91. The highest BCUT2D eigenvalue weighted by Gasteiger charge is 2.31. The van der Waals surface area contributed by atoms with Crippen LogP contribution in [0.15, 0.2) is 87.5 Å². The summed E-state index contributed by atoms with van der Waals surface area (Å²) in [6.07, 6.45) is 0.611. The van der Waals surface area contributed by atoms with Crippen LogP contribution in [-0.4, -0.2) is 19.2 Å². The Hall–Kier alpha value is -2.44. The zero-order valence-corrected chi connectivity index (χ0v) is 16.5. The molecule has 0 aromatic heterocycles. The molecule has 6 heteroatoms. The second-order valence-corrected chi connectivity index (χ2v) is 9.86. The Morgan fingerprint density at radius 2 is 1.59 bits per heavy atom. The minimum absolute atomic E-state index is 0.290. The van der Waals surface area contributed by atoms with Crippen molar-refractivity contribution in [1.29, 1.82) is 0 Å². The fourth-order valence-corrected chi connectivity index (χ4v) is 5.85. The molecule has 1 heterocycles. The molecule has 4 nitrogen and oxygen atoms in total. The van der Waals surface area contributed by atoms with Crippen molar-refractivity contribution >= 4 is 26.5 Å². The maximum absolute atomic E-state index is 13.0. The van der Waals surface area contributed by atoms with Crippen molar-refractivity contribution in [3.63, 3.8) is 0 Å². The van der Waals surface area contributed by atoms with Gasteiger partial charge in [0.15, 0.2) is 0 Å². The van der Waals surface area contributed by atoms with Crippen molar-refractivity contribution < 1.29 is 12.6 Å². The number of fused-ring (bicyclic) bond motifs is 1. The van der Waals surface area contributed by atoms with Gasteiger partial charge in [-0.1, -0.05) is 35.9 Å². The molecule has 0 bridgehead atoms. The quantitative estimate of drug-likeness (QED) is 0.671. The van der Waals surface area contributed by atoms with Crippen LogP contribution in [0, 0.1) is 6.92 Å². The molecule has 0 fully saturated rings. The van der Waals surface area contributed by atoms with Crippen LogP contribution < -0.4 is 4.31 Å². The van der Waals surface area contributed by atoms with Crippen molar-refractivity contribution in [2.45, 2.75) is 28.0 Å². The van der Waals surface area contributed by atoms with Crippen LogP contribution in [0.4, 0.5) is 5.69 Å². The Morgan fingerprint density at radius 1 is 0.889 bits per heavy atom. The SMILES string of the molecule is Cc1ccc(S(=O)(=O)N2CCc3cc(S(=O)c4ccccc4)ccc32)cc1. The van der Waals surface area contributed by atoms with Crippen molar-refractivity contribution in [2.24, 2.45) is 0 Å². The van der Waals surface area contributed by atoms with Gasteiger partial charge in [-0.05, 0) is 61.4 Å². The van der Waals surface area contributed by atoms with E-state index in [0.717, 1.165) is 16.0 Å². The maximum Gasteiger partial charge on any atom is 0.264 e. The van der Waals surface area contributed by atoms with Crippen LogP contribution in [0.1, 0.15) is 11.1 Å². The van der Waals surface area contributed by atoms with Gasteiger partial charge in [0.25, 0.3) is 10.0 Å². The van der Waals surface area contributed by atoms with Crippen molar-refractivity contribution in [3.8, 4) is 0 Å². The molecule has 1 aliphatic rings. The molecule has 1 atom stereocenters. The first-order valence-corrected chi connectivity index (χ1v) is 11.2. The van der Waals surface area contributed by atoms with E-state index in [4.69, 9.17) is 0 Å². The number of aryl methyl sites for hydroxylation is 1. The fourth-order valence-electron chi connectivity index (χ4n) is 3.23. The summed E-state index contributed by atoms with van der Waals surface area (Å²) in [4.78, 5) is 1.71. The number of nitrogens with zero attached hydrogens (tertiary/aromatic N) is 1. The first kappa shape index (κ1) is 17.9. The predicted molar refractivity (Wildman–Crippen MR) is 107 cm³/mol. The molecule has 0 saturated heterocycles. The summed E-state index contributed by atoms with van der Waals surface area (Å²) in [7, 11) is -4.87. The van der Waals surface area contributed by atoms with E-state index in [-0.39, 0.29) is 4.90 Å². The van der Waals surface area contributed by atoms with Gasteiger partial charge in [0.05, 0.1) is 21.4 Å². The number of sulfonamides is 1. The van der Waals surface area contributed by atoms with Crippen molar-refractivity contribution in [2.75, 3.05) is 10.8 Å². The molecule has 0 amide bonds. The third-order valence-corrected chi connectivity index (χ3v) is 7.89. The summed E-state index contributed by atoms with van der Waals surface area (Å²) in [5.74, 6) is 0. The lowest BCUT2D eigenvalue weighted by Gasteiger charge is -2.20. The van der Waals surface area contributed by atoms with E-state index in [2.05, 4.69) is 0 Å². The summed E-state index contributed by atoms with van der Waals surface area (Å²) >= 11 is 0. The van der Waals surface area contributed by atoms with Gasteiger partial charge in [-0.2, -0.15) is 0 Å². The van der Waals surface area contributed by atoms with Crippen LogP contribution in [0.3, 0.4) is 0 Å². The molecule has 0 aliphatic carbocycles. The minimum atomic E-state index is -3.60. The van der Waals surface area contributed by atoms with E-state index in [0.29, 0.717) is 23.5 Å². The number of hydrogen-bond acceptors (Lipinski definition) is 3. The van der Waals surface area contributed by atoms with Gasteiger partial charge in [0.2, 0.25) is 0 Å². The second-order valence-electron chi connectivity index (χ2n) is 6.51. The third kappa shape index (κ3) is 3.31. The Bertz CT molecular complexity index is 1110. The van der Waals surface area contributed by atoms with Crippen molar-refractivity contribution in [3.05, 3.63) is 83.9 Å². The second kappa shape index (κ2) is 6.94. The van der Waals surface area contributed by atoms with Crippen molar-refractivity contribution in [1.82, 2.24) is 0 Å². The monoisotopic (exact) mass is 397 g/mol. The molecule has 3 aromatic carbocycles. The van der Waals surface area contributed by atoms with Gasteiger partial charge in [0.1, 0.15) is 0 Å². The lowest BCUT2D eigenvalue weighted by Crippen LogP contribution is -2.29. The van der Waals surface area contributed by atoms with E-state index in [1.54, 1.807) is 36.4 Å². The summed E-state index contributed by atoms with van der Waals surface area (Å²) in [6.45, 7) is 2.32. The smallest absolute Gasteiger partial charge is 0.264 e. The summed E-state index contributed by atoms with van der Waals surface area (Å²) < 4.78 is 40.2. The van der Waals surface area contributed by atoms with Crippen LogP contribution in [0.25, 0.3) is 0 Å². The molecule has 0 spiro atoms. The van der Waals surface area contributed by atoms with Crippen LogP contribution in [-0.2, 0) is 27.2 Å². The fraction of sp³-hybridized carbons (Fsp3) is 0.143. The lowest BCUT2D eigenvalue weighted by atomic mass is 10.2. The summed E-state index contributed by atoms with van der Waals surface area (Å²) in [5, 5.41) is 0. The summed E-state index contributed by atoms with van der Waals surface area (Å²) in [5.41, 5.74) is 2.60. The highest BCUT2D eigenvalue weighted by Crippen LogP contribution is 2.34. The Labute approximate surface area is 162 Å². The van der Waals surface area contributed by atoms with Gasteiger partial charge < -0.3 is 0 Å². The van der Waals surface area contributed by atoms with Gasteiger partial charge >= 0.3 is 0 Å². The molecule has 27 heavy (non-hydrogen) atoms. The molecular formula is C21H19NO3S2. The number of benzene rings is 3. The largest absolute Gasteiger partial charge is 0.266 e. The molecule has 0 radical (unpaired) electrons. The van der Waals surface area contributed by atoms with Gasteiger partial charge in [-0.15, -0.1) is 0 Å². The Balaban J connectivity index is 1.67. The highest BCUT2D eigenvalue weighted by atomic mass is 32.2. The zero-order chi connectivity index (χ0) is 19.0. The average molecular weight is 398 g/mol. The Morgan fingerprint density at radius 3 is 2.30 bits per heavy atom. The molecule has 1 unspecified atom stereocenters. The topological polar surface area (TPSA) is 54.5 Å². The van der Waals surface area contributed by atoms with Crippen LogP contribution in [0.2, 0.25) is 0 Å². The summed E-state index contributed by atoms with van der Waals surface area (Å²) in [6, 6.07) is 21.5.